The number of hydrogen-bond acceptors (Lipinski definition) is 5. The minimum Gasteiger partial charge on any atom is -0.456 e. The molecule has 1 heterocycles. The van der Waals surface area contributed by atoms with Crippen LogP contribution in [-0.2, 0) is 23.2 Å². The third-order valence-electron chi connectivity index (χ3n) is 1.52. The van der Waals surface area contributed by atoms with Crippen molar-refractivity contribution < 1.29 is 9.53 Å². The van der Waals surface area contributed by atoms with Crippen LogP contribution in [0.5, 0.6) is 0 Å². The van der Waals surface area contributed by atoms with Gasteiger partial charge in [0, 0.05) is 7.05 Å². The van der Waals surface area contributed by atoms with Gasteiger partial charge in [-0.15, -0.1) is 10.2 Å². The summed E-state index contributed by atoms with van der Waals surface area (Å²) < 4.78 is 6.52. The monoisotopic (exact) mass is 184 g/mol. The summed E-state index contributed by atoms with van der Waals surface area (Å²) in [6.07, 6.45) is 1.54. The molecule has 0 aromatic carbocycles. The molecule has 0 radical (unpaired) electrons. The van der Waals surface area contributed by atoms with Gasteiger partial charge < -0.3 is 15.0 Å². The molecule has 1 rings (SSSR count). The van der Waals surface area contributed by atoms with E-state index in [0.29, 0.717) is 5.82 Å². The fourth-order valence-corrected chi connectivity index (χ4v) is 0.705. The van der Waals surface area contributed by atoms with Crippen molar-refractivity contribution in [3.8, 4) is 0 Å². The van der Waals surface area contributed by atoms with Crippen LogP contribution in [-0.4, -0.2) is 26.8 Å². The largest absolute Gasteiger partial charge is 0.456 e. The van der Waals surface area contributed by atoms with E-state index >= 15 is 0 Å². The van der Waals surface area contributed by atoms with Gasteiger partial charge in [0.1, 0.15) is 12.4 Å². The Morgan fingerprint density at radius 3 is 3.00 bits per heavy atom. The van der Waals surface area contributed by atoms with E-state index in [1.165, 1.54) is 6.33 Å². The zero-order valence-corrected chi connectivity index (χ0v) is 7.60. The molecule has 1 aromatic heterocycles. The van der Waals surface area contributed by atoms with Gasteiger partial charge in [-0.1, -0.05) is 0 Å². The molecule has 2 N–H and O–H groups in total. The summed E-state index contributed by atoms with van der Waals surface area (Å²) in [5.41, 5.74) is 5.30. The van der Waals surface area contributed by atoms with Crippen molar-refractivity contribution in [2.24, 2.45) is 12.8 Å². The van der Waals surface area contributed by atoms with Crippen LogP contribution in [0.15, 0.2) is 6.33 Å². The number of aromatic nitrogens is 3. The lowest BCUT2D eigenvalue weighted by molar-refractivity contribution is -0.146. The van der Waals surface area contributed by atoms with Gasteiger partial charge >= 0.3 is 5.97 Å². The number of carbonyl (C=O) groups is 1. The molecule has 0 amide bonds. The quantitative estimate of drug-likeness (QED) is 0.622. The highest BCUT2D eigenvalue weighted by Crippen LogP contribution is 1.95. The first-order valence-corrected chi connectivity index (χ1v) is 3.86. The van der Waals surface area contributed by atoms with E-state index in [-0.39, 0.29) is 6.61 Å². The minimum atomic E-state index is -0.603. The van der Waals surface area contributed by atoms with Crippen molar-refractivity contribution in [3.63, 3.8) is 0 Å². The van der Waals surface area contributed by atoms with E-state index in [4.69, 9.17) is 10.5 Å². The number of carbonyl (C=O) groups excluding carboxylic acids is 1. The summed E-state index contributed by atoms with van der Waals surface area (Å²) in [5.74, 6) is 0.150. The standard InChI is InChI=1S/C7H12N4O2/c1-5(8)7(12)13-3-6-10-9-4-11(6)2/h4-5H,3,8H2,1-2H3/t5-/m0/s1. The zero-order valence-electron chi connectivity index (χ0n) is 7.60. The Morgan fingerprint density at radius 1 is 1.85 bits per heavy atom. The van der Waals surface area contributed by atoms with Crippen LogP contribution in [0.25, 0.3) is 0 Å². The number of aryl methyl sites for hydroxylation is 1. The summed E-state index contributed by atoms with van der Waals surface area (Å²) in [6, 6.07) is -0.603. The second-order valence-electron chi connectivity index (χ2n) is 2.75. The average molecular weight is 184 g/mol. The van der Waals surface area contributed by atoms with Crippen LogP contribution >= 0.6 is 0 Å². The Bertz CT molecular complexity index is 294. The highest BCUT2D eigenvalue weighted by atomic mass is 16.5. The summed E-state index contributed by atoms with van der Waals surface area (Å²) >= 11 is 0. The van der Waals surface area contributed by atoms with E-state index in [9.17, 15) is 4.79 Å². The first-order valence-electron chi connectivity index (χ1n) is 3.86. The molecule has 13 heavy (non-hydrogen) atoms. The van der Waals surface area contributed by atoms with Crippen LogP contribution in [0.1, 0.15) is 12.7 Å². The molecule has 0 saturated heterocycles. The van der Waals surface area contributed by atoms with Gasteiger partial charge in [-0.2, -0.15) is 0 Å². The van der Waals surface area contributed by atoms with Crippen LogP contribution in [0.3, 0.4) is 0 Å². The molecule has 6 nitrogen and oxygen atoms in total. The van der Waals surface area contributed by atoms with E-state index in [1.54, 1.807) is 18.5 Å². The molecule has 0 unspecified atom stereocenters. The van der Waals surface area contributed by atoms with Crippen LogP contribution < -0.4 is 5.73 Å². The topological polar surface area (TPSA) is 83.0 Å². The molecule has 0 bridgehead atoms. The summed E-state index contributed by atoms with van der Waals surface area (Å²) in [6.45, 7) is 1.68. The number of nitrogens with zero attached hydrogens (tertiary/aromatic N) is 3. The molecule has 0 aliphatic rings. The van der Waals surface area contributed by atoms with Gasteiger partial charge in [0.25, 0.3) is 0 Å². The van der Waals surface area contributed by atoms with E-state index in [0.717, 1.165) is 0 Å². The van der Waals surface area contributed by atoms with Crippen LogP contribution in [0.4, 0.5) is 0 Å². The number of ether oxygens (including phenoxy) is 1. The highest BCUT2D eigenvalue weighted by molar-refractivity contribution is 5.74. The maximum atomic E-state index is 10.9. The number of rotatable bonds is 3. The zero-order chi connectivity index (χ0) is 9.84. The van der Waals surface area contributed by atoms with Gasteiger partial charge in [0.2, 0.25) is 0 Å². The van der Waals surface area contributed by atoms with Gasteiger partial charge in [-0.05, 0) is 6.92 Å². The fraction of sp³-hybridized carbons (Fsp3) is 0.571. The van der Waals surface area contributed by atoms with Crippen molar-refractivity contribution >= 4 is 5.97 Å². The third kappa shape index (κ3) is 2.51. The third-order valence-corrected chi connectivity index (χ3v) is 1.52. The molecular weight excluding hydrogens is 172 g/mol. The molecule has 0 saturated carbocycles. The highest BCUT2D eigenvalue weighted by Gasteiger charge is 2.10. The Kier molecular flexibility index (Phi) is 2.97. The molecule has 1 atom stereocenters. The summed E-state index contributed by atoms with van der Waals surface area (Å²) in [5, 5.41) is 7.38. The number of esters is 1. The second-order valence-corrected chi connectivity index (χ2v) is 2.75. The maximum Gasteiger partial charge on any atom is 0.323 e. The number of hydrogen-bond donors (Lipinski definition) is 1. The Labute approximate surface area is 75.7 Å². The maximum absolute atomic E-state index is 10.9. The molecule has 72 valence electrons. The average Bonchev–Trinajstić information content (AvgIpc) is 2.47. The summed E-state index contributed by atoms with van der Waals surface area (Å²) in [4.78, 5) is 10.9. The van der Waals surface area contributed by atoms with Crippen LogP contribution in [0.2, 0.25) is 0 Å². The fourth-order valence-electron chi connectivity index (χ4n) is 0.705. The van der Waals surface area contributed by atoms with Gasteiger partial charge in [0.15, 0.2) is 12.4 Å². The van der Waals surface area contributed by atoms with Crippen molar-refractivity contribution in [2.75, 3.05) is 0 Å². The lowest BCUT2D eigenvalue weighted by Gasteiger charge is -2.05. The van der Waals surface area contributed by atoms with E-state index < -0.39 is 12.0 Å². The van der Waals surface area contributed by atoms with Crippen molar-refractivity contribution in [1.82, 2.24) is 14.8 Å². The first-order chi connectivity index (χ1) is 6.11. The Hall–Kier alpha value is -1.43. The Morgan fingerprint density at radius 2 is 2.54 bits per heavy atom. The van der Waals surface area contributed by atoms with Crippen molar-refractivity contribution in [1.29, 1.82) is 0 Å². The molecule has 1 aromatic rings. The first kappa shape index (κ1) is 9.66. The Balaban J connectivity index is 2.44. The molecule has 6 heteroatoms. The predicted molar refractivity (Wildman–Crippen MR) is 44.4 cm³/mol. The van der Waals surface area contributed by atoms with Crippen molar-refractivity contribution in [3.05, 3.63) is 12.2 Å². The molecular formula is C7H12N4O2. The van der Waals surface area contributed by atoms with Gasteiger partial charge in [-0.3, -0.25) is 4.79 Å². The molecule has 0 aliphatic carbocycles. The van der Waals surface area contributed by atoms with Gasteiger partial charge in [0.05, 0.1) is 0 Å². The van der Waals surface area contributed by atoms with Gasteiger partial charge in [-0.25, -0.2) is 0 Å². The molecule has 0 spiro atoms. The normalized spacial score (nSPS) is 12.5. The summed E-state index contributed by atoms with van der Waals surface area (Å²) in [7, 11) is 1.77. The minimum absolute atomic E-state index is 0.108. The van der Waals surface area contributed by atoms with E-state index in [1.807, 2.05) is 0 Å². The smallest absolute Gasteiger partial charge is 0.323 e. The van der Waals surface area contributed by atoms with Crippen LogP contribution in [0, 0.1) is 0 Å². The SMILES string of the molecule is C[C@H](N)C(=O)OCc1nncn1C. The predicted octanol–water partition coefficient (Wildman–Crippen LogP) is -0.794. The second kappa shape index (κ2) is 3.99. The number of nitrogens with two attached hydrogens (primary N) is 1. The van der Waals surface area contributed by atoms with E-state index in [2.05, 4.69) is 10.2 Å². The van der Waals surface area contributed by atoms with Crippen molar-refractivity contribution in [2.45, 2.75) is 19.6 Å². The lowest BCUT2D eigenvalue weighted by Crippen LogP contribution is -2.28. The lowest BCUT2D eigenvalue weighted by atomic mass is 10.4. The molecule has 0 aliphatic heterocycles. The molecule has 0 fully saturated rings.